The van der Waals surface area contributed by atoms with Crippen LogP contribution in [0.2, 0.25) is 0 Å². The van der Waals surface area contributed by atoms with Crippen LogP contribution in [0.25, 0.3) is 0 Å². The van der Waals surface area contributed by atoms with Gasteiger partial charge in [0.2, 0.25) is 0 Å². The molecule has 1 atom stereocenters. The Morgan fingerprint density at radius 2 is 1.43 bits per heavy atom. The van der Waals surface area contributed by atoms with E-state index >= 15 is 0 Å². The summed E-state index contributed by atoms with van der Waals surface area (Å²) in [4.78, 5) is 0. The minimum absolute atomic E-state index is 0.149. The minimum atomic E-state index is -2.91. The highest BCUT2D eigenvalue weighted by molar-refractivity contribution is 7.78. The first-order valence-corrected chi connectivity index (χ1v) is 8.79. The standard InChI is InChI=1S/C17H21O3P/c1-17(18,13-20-2)14-21(19,15-9-5-3-6-10-15)16-11-7-4-8-12-16/h3-12,18H,13-14H2,1-2H3. The van der Waals surface area contributed by atoms with Crippen LogP contribution in [-0.2, 0) is 9.30 Å². The second-order valence-electron chi connectivity index (χ2n) is 5.50. The summed E-state index contributed by atoms with van der Waals surface area (Å²) in [6.07, 6.45) is 0.155. The highest BCUT2D eigenvalue weighted by Crippen LogP contribution is 2.45. The van der Waals surface area contributed by atoms with Gasteiger partial charge in [0.1, 0.15) is 7.14 Å². The van der Waals surface area contributed by atoms with E-state index in [1.54, 1.807) is 6.92 Å². The van der Waals surface area contributed by atoms with E-state index in [0.29, 0.717) is 0 Å². The van der Waals surface area contributed by atoms with Gasteiger partial charge in [-0.25, -0.2) is 0 Å². The van der Waals surface area contributed by atoms with Crippen molar-refractivity contribution in [2.75, 3.05) is 19.9 Å². The van der Waals surface area contributed by atoms with Crippen molar-refractivity contribution >= 4 is 17.8 Å². The van der Waals surface area contributed by atoms with Gasteiger partial charge in [-0.2, -0.15) is 0 Å². The Hall–Kier alpha value is -1.41. The molecular formula is C17H21O3P. The normalized spacial score (nSPS) is 14.6. The lowest BCUT2D eigenvalue weighted by Crippen LogP contribution is -2.38. The topological polar surface area (TPSA) is 46.5 Å². The van der Waals surface area contributed by atoms with Gasteiger partial charge in [0.15, 0.2) is 0 Å². The van der Waals surface area contributed by atoms with Crippen molar-refractivity contribution in [2.45, 2.75) is 12.5 Å². The average Bonchev–Trinajstić information content (AvgIpc) is 2.48. The molecule has 0 fully saturated rings. The number of benzene rings is 2. The molecule has 4 heteroatoms. The minimum Gasteiger partial charge on any atom is -0.387 e. The molecule has 0 aliphatic carbocycles. The van der Waals surface area contributed by atoms with E-state index in [2.05, 4.69) is 0 Å². The van der Waals surface area contributed by atoms with Crippen LogP contribution in [0.1, 0.15) is 6.92 Å². The predicted molar refractivity (Wildman–Crippen MR) is 87.1 cm³/mol. The second kappa shape index (κ2) is 6.57. The third kappa shape index (κ3) is 3.82. The van der Waals surface area contributed by atoms with E-state index in [1.165, 1.54) is 7.11 Å². The van der Waals surface area contributed by atoms with Crippen LogP contribution in [-0.4, -0.2) is 30.6 Å². The van der Waals surface area contributed by atoms with Gasteiger partial charge in [0, 0.05) is 23.9 Å². The number of aliphatic hydroxyl groups is 1. The molecule has 0 aromatic heterocycles. The zero-order valence-electron chi connectivity index (χ0n) is 12.4. The molecule has 0 bridgehead atoms. The Morgan fingerprint density at radius 3 is 1.81 bits per heavy atom. The third-order valence-corrected chi connectivity index (χ3v) is 6.76. The van der Waals surface area contributed by atoms with Crippen LogP contribution in [0.15, 0.2) is 60.7 Å². The quantitative estimate of drug-likeness (QED) is 0.834. The molecule has 0 aliphatic heterocycles. The summed E-state index contributed by atoms with van der Waals surface area (Å²) in [5.41, 5.74) is -1.14. The molecule has 0 spiro atoms. The zero-order chi connectivity index (χ0) is 15.3. The van der Waals surface area contributed by atoms with E-state index in [1.807, 2.05) is 60.7 Å². The van der Waals surface area contributed by atoms with Gasteiger partial charge in [-0.3, -0.25) is 0 Å². The summed E-state index contributed by atoms with van der Waals surface area (Å²) < 4.78 is 18.7. The predicted octanol–water partition coefficient (Wildman–Crippen LogP) is 2.40. The van der Waals surface area contributed by atoms with E-state index < -0.39 is 12.7 Å². The molecule has 0 saturated carbocycles. The molecule has 21 heavy (non-hydrogen) atoms. The molecule has 1 unspecified atom stereocenters. The number of hydrogen-bond acceptors (Lipinski definition) is 3. The maximum absolute atomic E-state index is 13.7. The Morgan fingerprint density at radius 1 is 1.00 bits per heavy atom. The van der Waals surface area contributed by atoms with Crippen LogP contribution in [0.4, 0.5) is 0 Å². The van der Waals surface area contributed by atoms with Crippen molar-refractivity contribution in [1.82, 2.24) is 0 Å². The summed E-state index contributed by atoms with van der Waals surface area (Å²) >= 11 is 0. The summed E-state index contributed by atoms with van der Waals surface area (Å²) in [5, 5.41) is 12.0. The van der Waals surface area contributed by atoms with E-state index in [9.17, 15) is 9.67 Å². The zero-order valence-corrected chi connectivity index (χ0v) is 13.3. The molecule has 2 aromatic rings. The highest BCUT2D eigenvalue weighted by Gasteiger charge is 2.36. The average molecular weight is 304 g/mol. The van der Waals surface area contributed by atoms with Gasteiger partial charge in [-0.05, 0) is 6.92 Å². The molecule has 2 aromatic carbocycles. The first kappa shape index (κ1) is 16.0. The Balaban J connectivity index is 2.48. The molecule has 0 amide bonds. The van der Waals surface area contributed by atoms with Crippen LogP contribution in [0, 0.1) is 0 Å². The molecular weight excluding hydrogens is 283 g/mol. The molecule has 112 valence electrons. The SMILES string of the molecule is COCC(C)(O)CP(=O)(c1ccccc1)c1ccccc1. The number of hydrogen-bond donors (Lipinski definition) is 1. The first-order valence-electron chi connectivity index (χ1n) is 6.90. The third-order valence-electron chi connectivity index (χ3n) is 3.37. The summed E-state index contributed by atoms with van der Waals surface area (Å²) in [5.74, 6) is 0. The van der Waals surface area contributed by atoms with Gasteiger partial charge in [0.25, 0.3) is 0 Å². The molecule has 0 heterocycles. The number of methoxy groups -OCH3 is 1. The lowest BCUT2D eigenvalue weighted by molar-refractivity contribution is 0.000574. The molecule has 2 rings (SSSR count). The van der Waals surface area contributed by atoms with E-state index in [0.717, 1.165) is 10.6 Å². The van der Waals surface area contributed by atoms with Gasteiger partial charge in [-0.1, -0.05) is 60.7 Å². The number of rotatable bonds is 6. The van der Waals surface area contributed by atoms with Crippen molar-refractivity contribution in [1.29, 1.82) is 0 Å². The maximum Gasteiger partial charge on any atom is 0.146 e. The smallest absolute Gasteiger partial charge is 0.146 e. The molecule has 0 radical (unpaired) electrons. The maximum atomic E-state index is 13.7. The Kier molecular flexibility index (Phi) is 5.00. The first-order chi connectivity index (χ1) is 9.98. The van der Waals surface area contributed by atoms with Gasteiger partial charge in [0.05, 0.1) is 12.2 Å². The van der Waals surface area contributed by atoms with Crippen LogP contribution >= 0.6 is 7.14 Å². The molecule has 3 nitrogen and oxygen atoms in total. The lowest BCUT2D eigenvalue weighted by Gasteiger charge is -2.29. The van der Waals surface area contributed by atoms with Crippen molar-refractivity contribution in [2.24, 2.45) is 0 Å². The highest BCUT2D eigenvalue weighted by atomic mass is 31.2. The van der Waals surface area contributed by atoms with Crippen LogP contribution < -0.4 is 10.6 Å². The molecule has 0 saturated heterocycles. The van der Waals surface area contributed by atoms with Crippen molar-refractivity contribution in [3.05, 3.63) is 60.7 Å². The summed E-state index contributed by atoms with van der Waals surface area (Å²) in [6, 6.07) is 18.7. The number of ether oxygens (including phenoxy) is 1. The van der Waals surface area contributed by atoms with Gasteiger partial charge in [-0.15, -0.1) is 0 Å². The van der Waals surface area contributed by atoms with Crippen molar-refractivity contribution < 1.29 is 14.4 Å². The fourth-order valence-corrected chi connectivity index (χ4v) is 5.53. The lowest BCUT2D eigenvalue weighted by atomic mass is 10.2. The summed E-state index contributed by atoms with van der Waals surface area (Å²) in [7, 11) is -1.37. The van der Waals surface area contributed by atoms with Gasteiger partial charge < -0.3 is 14.4 Å². The van der Waals surface area contributed by atoms with Crippen molar-refractivity contribution in [3.8, 4) is 0 Å². The fourth-order valence-electron chi connectivity index (χ4n) is 2.51. The fraction of sp³-hybridized carbons (Fsp3) is 0.294. The summed E-state index contributed by atoms with van der Waals surface area (Å²) in [6.45, 7) is 1.81. The largest absolute Gasteiger partial charge is 0.387 e. The molecule has 0 aliphatic rings. The monoisotopic (exact) mass is 304 g/mol. The van der Waals surface area contributed by atoms with E-state index in [4.69, 9.17) is 4.74 Å². The van der Waals surface area contributed by atoms with Gasteiger partial charge >= 0.3 is 0 Å². The Labute approximate surface area is 126 Å². The van der Waals surface area contributed by atoms with Crippen LogP contribution in [0.3, 0.4) is 0 Å². The van der Waals surface area contributed by atoms with E-state index in [-0.39, 0.29) is 12.8 Å². The van der Waals surface area contributed by atoms with Crippen LogP contribution in [0.5, 0.6) is 0 Å². The van der Waals surface area contributed by atoms with Crippen molar-refractivity contribution in [3.63, 3.8) is 0 Å². The molecule has 1 N–H and O–H groups in total. The second-order valence-corrected chi connectivity index (χ2v) is 8.33. The Bertz CT molecular complexity index is 565.